The number of ketones is 1. The van der Waals surface area contributed by atoms with Gasteiger partial charge in [-0.05, 0) is 93.7 Å². The number of nitriles is 1. The zero-order chi connectivity index (χ0) is 25.3. The Balaban J connectivity index is 1.59. The number of methoxy groups -OCH3 is 2. The van der Waals surface area contributed by atoms with Gasteiger partial charge in [0.2, 0.25) is 0 Å². The zero-order valence-electron chi connectivity index (χ0n) is 21.2. The molecule has 1 aliphatic heterocycles. The Morgan fingerprint density at radius 3 is 2.31 bits per heavy atom. The summed E-state index contributed by atoms with van der Waals surface area (Å²) in [5, 5.41) is 10.3. The highest BCUT2D eigenvalue weighted by Gasteiger charge is 2.33. The van der Waals surface area contributed by atoms with Crippen LogP contribution < -0.4 is 9.47 Å². The fraction of sp³-hybridized carbons (Fsp3) is 0.517. The number of ether oxygens (including phenoxy) is 2. The maximum absolute atomic E-state index is 13.2. The van der Waals surface area contributed by atoms with E-state index in [2.05, 4.69) is 17.9 Å². The minimum atomic E-state index is -0.563. The third-order valence-electron chi connectivity index (χ3n) is 7.27. The van der Waals surface area contributed by atoms with Gasteiger partial charge >= 0.3 is 0 Å². The minimum absolute atomic E-state index is 0.00812. The number of carbonyl (C=O) groups is 1. The van der Waals surface area contributed by atoms with Crippen LogP contribution in [0.15, 0.2) is 42.5 Å². The molecule has 0 radical (unpaired) electrons. The lowest BCUT2D eigenvalue weighted by Crippen LogP contribution is -2.37. The van der Waals surface area contributed by atoms with E-state index in [0.717, 1.165) is 70.1 Å². The lowest BCUT2D eigenvalue weighted by Gasteiger charge is -2.33. The van der Waals surface area contributed by atoms with E-state index in [1.54, 1.807) is 26.4 Å². The van der Waals surface area contributed by atoms with Crippen molar-refractivity contribution in [2.75, 3.05) is 33.9 Å². The van der Waals surface area contributed by atoms with Crippen LogP contribution in [0.3, 0.4) is 0 Å². The Morgan fingerprint density at radius 1 is 1.06 bits per heavy atom. The Labute approximate surface area is 208 Å². The zero-order valence-corrected chi connectivity index (χ0v) is 21.2. The van der Waals surface area contributed by atoms with Crippen LogP contribution >= 0.6 is 0 Å². The summed E-state index contributed by atoms with van der Waals surface area (Å²) < 4.78 is 24.1. The summed E-state index contributed by atoms with van der Waals surface area (Å²) in [5.41, 5.74) is 1.01. The van der Waals surface area contributed by atoms with Gasteiger partial charge in [0, 0.05) is 11.5 Å². The summed E-state index contributed by atoms with van der Waals surface area (Å²) in [6, 6.07) is 14.3. The van der Waals surface area contributed by atoms with E-state index in [1.807, 2.05) is 18.2 Å². The second kappa shape index (κ2) is 12.7. The largest absolute Gasteiger partial charge is 0.493 e. The number of Topliss-reactive ketones (excluding diaryl/α,β-unsaturated/α-hetero) is 1. The Hall–Kier alpha value is -2.91. The van der Waals surface area contributed by atoms with E-state index in [9.17, 15) is 14.4 Å². The lowest BCUT2D eigenvalue weighted by atomic mass is 9.74. The Bertz CT molecular complexity index is 1010. The smallest absolute Gasteiger partial charge is 0.166 e. The first-order chi connectivity index (χ1) is 17.0. The third kappa shape index (κ3) is 6.61. The lowest BCUT2D eigenvalue weighted by molar-refractivity contribution is 0.0838. The van der Waals surface area contributed by atoms with Crippen LogP contribution in [0.1, 0.15) is 67.8 Å². The number of rotatable bonds is 12. The van der Waals surface area contributed by atoms with E-state index in [1.165, 1.54) is 12.1 Å². The van der Waals surface area contributed by atoms with Crippen molar-refractivity contribution in [2.24, 2.45) is 5.92 Å². The van der Waals surface area contributed by atoms with Crippen LogP contribution in [0, 0.1) is 23.1 Å². The number of nitrogens with zero attached hydrogens (tertiary/aromatic N) is 2. The topological polar surface area (TPSA) is 62.6 Å². The predicted molar refractivity (Wildman–Crippen MR) is 135 cm³/mol. The normalized spacial score (nSPS) is 16.3. The van der Waals surface area contributed by atoms with E-state index in [-0.39, 0.29) is 17.5 Å². The average molecular weight is 481 g/mol. The van der Waals surface area contributed by atoms with Gasteiger partial charge in [0.05, 0.1) is 25.7 Å². The highest BCUT2D eigenvalue weighted by atomic mass is 19.1. The van der Waals surface area contributed by atoms with Crippen LogP contribution in [-0.2, 0) is 5.41 Å². The molecule has 3 rings (SSSR count). The number of hydrogen-bond donors (Lipinski definition) is 0. The fourth-order valence-corrected chi connectivity index (χ4v) is 5.08. The maximum Gasteiger partial charge on any atom is 0.166 e. The van der Waals surface area contributed by atoms with Gasteiger partial charge in [0.15, 0.2) is 17.3 Å². The SMILES string of the molecule is CCCCC(C#N)(CCCN1CCC(C(=O)c2ccc(F)cc2)CC1)c1ccc(OC)c(OC)c1. The molecular weight excluding hydrogens is 443 g/mol. The summed E-state index contributed by atoms with van der Waals surface area (Å²) in [4.78, 5) is 15.2. The highest BCUT2D eigenvalue weighted by Crippen LogP contribution is 2.39. The monoisotopic (exact) mass is 480 g/mol. The van der Waals surface area contributed by atoms with Crippen LogP contribution in [0.25, 0.3) is 0 Å². The molecule has 1 aliphatic rings. The molecule has 0 bridgehead atoms. The molecule has 0 aromatic heterocycles. The molecule has 0 spiro atoms. The quantitative estimate of drug-likeness (QED) is 0.340. The average Bonchev–Trinajstić information content (AvgIpc) is 2.90. The van der Waals surface area contributed by atoms with E-state index >= 15 is 0 Å². The first-order valence-electron chi connectivity index (χ1n) is 12.6. The molecule has 0 N–H and O–H groups in total. The van der Waals surface area contributed by atoms with Crippen molar-refractivity contribution in [3.8, 4) is 17.6 Å². The van der Waals surface area contributed by atoms with Gasteiger partial charge in [0.25, 0.3) is 0 Å². The molecule has 0 saturated carbocycles. The molecule has 2 aromatic carbocycles. The molecule has 1 heterocycles. The number of benzene rings is 2. The summed E-state index contributed by atoms with van der Waals surface area (Å²) >= 11 is 0. The van der Waals surface area contributed by atoms with Gasteiger partial charge in [-0.2, -0.15) is 5.26 Å². The predicted octanol–water partition coefficient (Wildman–Crippen LogP) is 6.17. The van der Waals surface area contributed by atoms with Crippen LogP contribution in [0.2, 0.25) is 0 Å². The van der Waals surface area contributed by atoms with Crippen molar-refractivity contribution >= 4 is 5.78 Å². The van der Waals surface area contributed by atoms with Crippen molar-refractivity contribution in [3.63, 3.8) is 0 Å². The Morgan fingerprint density at radius 2 is 1.71 bits per heavy atom. The van der Waals surface area contributed by atoms with Crippen molar-refractivity contribution in [1.29, 1.82) is 5.26 Å². The molecule has 0 amide bonds. The van der Waals surface area contributed by atoms with Crippen molar-refractivity contribution in [2.45, 2.75) is 57.3 Å². The van der Waals surface area contributed by atoms with Gasteiger partial charge in [0.1, 0.15) is 5.82 Å². The standard InChI is InChI=1S/C29H37FN2O3/c1-4-5-15-29(21-31,24-9-12-26(34-2)27(20-24)35-3)16-6-17-32-18-13-23(14-19-32)28(33)22-7-10-25(30)11-8-22/h7-12,20,23H,4-6,13-19H2,1-3H3. The van der Waals surface area contributed by atoms with Crippen molar-refractivity contribution < 1.29 is 18.7 Å². The van der Waals surface area contributed by atoms with E-state index in [0.29, 0.717) is 17.1 Å². The molecule has 1 atom stereocenters. The molecule has 1 saturated heterocycles. The minimum Gasteiger partial charge on any atom is -0.493 e. The summed E-state index contributed by atoms with van der Waals surface area (Å²) in [7, 11) is 3.23. The first kappa shape index (κ1) is 26.7. The van der Waals surface area contributed by atoms with Gasteiger partial charge in [-0.1, -0.05) is 25.8 Å². The number of unbranched alkanes of at least 4 members (excludes halogenated alkanes) is 1. The second-order valence-corrected chi connectivity index (χ2v) is 9.46. The molecule has 5 nitrogen and oxygen atoms in total. The third-order valence-corrected chi connectivity index (χ3v) is 7.27. The fourth-order valence-electron chi connectivity index (χ4n) is 5.08. The molecule has 1 unspecified atom stereocenters. The number of hydrogen-bond acceptors (Lipinski definition) is 5. The van der Waals surface area contributed by atoms with Gasteiger partial charge < -0.3 is 14.4 Å². The number of carbonyl (C=O) groups excluding carboxylic acids is 1. The van der Waals surface area contributed by atoms with Crippen LogP contribution in [0.5, 0.6) is 11.5 Å². The number of likely N-dealkylation sites (tertiary alicyclic amines) is 1. The number of halogens is 1. The van der Waals surface area contributed by atoms with Crippen LogP contribution in [-0.4, -0.2) is 44.5 Å². The first-order valence-corrected chi connectivity index (χ1v) is 12.6. The van der Waals surface area contributed by atoms with Gasteiger partial charge in [-0.25, -0.2) is 4.39 Å². The molecule has 2 aromatic rings. The summed E-state index contributed by atoms with van der Waals surface area (Å²) in [6.07, 6.45) is 6.13. The molecule has 6 heteroatoms. The summed E-state index contributed by atoms with van der Waals surface area (Å²) in [5.74, 6) is 1.09. The van der Waals surface area contributed by atoms with Gasteiger partial charge in [-0.15, -0.1) is 0 Å². The molecule has 0 aliphatic carbocycles. The van der Waals surface area contributed by atoms with E-state index < -0.39 is 5.41 Å². The second-order valence-electron chi connectivity index (χ2n) is 9.46. The highest BCUT2D eigenvalue weighted by molar-refractivity contribution is 5.97. The Kier molecular flexibility index (Phi) is 9.68. The molecule has 35 heavy (non-hydrogen) atoms. The van der Waals surface area contributed by atoms with Gasteiger partial charge in [-0.3, -0.25) is 4.79 Å². The molecule has 188 valence electrons. The molecular formula is C29H37FN2O3. The van der Waals surface area contributed by atoms with Crippen molar-refractivity contribution in [3.05, 3.63) is 59.4 Å². The molecule has 1 fully saturated rings. The van der Waals surface area contributed by atoms with E-state index in [4.69, 9.17) is 9.47 Å². The van der Waals surface area contributed by atoms with Crippen molar-refractivity contribution in [1.82, 2.24) is 4.90 Å². The van der Waals surface area contributed by atoms with Crippen LogP contribution in [0.4, 0.5) is 4.39 Å². The maximum atomic E-state index is 13.2. The number of piperidine rings is 1. The summed E-state index contributed by atoms with van der Waals surface area (Å²) in [6.45, 7) is 4.78.